The number of hydrogen-bond donors (Lipinski definition) is 2. The number of carbonyl (C=O) groups is 3. The molecule has 1 aliphatic rings. The first kappa shape index (κ1) is 19.6. The quantitative estimate of drug-likeness (QED) is 0.794. The third-order valence-electron chi connectivity index (χ3n) is 4.85. The SMILES string of the molecule is CCCC(=O)N1CCCC(C(=O)Nc2ccc(-n3ccc(C(N)=O)n3)cc2)C1. The van der Waals surface area contributed by atoms with E-state index in [9.17, 15) is 14.4 Å². The van der Waals surface area contributed by atoms with E-state index >= 15 is 0 Å². The molecule has 0 spiro atoms. The van der Waals surface area contributed by atoms with E-state index in [4.69, 9.17) is 5.73 Å². The van der Waals surface area contributed by atoms with Gasteiger partial charge in [-0.25, -0.2) is 4.68 Å². The van der Waals surface area contributed by atoms with Gasteiger partial charge in [0.05, 0.1) is 11.6 Å². The number of anilines is 1. The number of primary amides is 1. The van der Waals surface area contributed by atoms with Crippen LogP contribution in [-0.4, -0.2) is 45.5 Å². The number of benzene rings is 1. The second kappa shape index (κ2) is 8.69. The average molecular weight is 383 g/mol. The molecule has 8 nitrogen and oxygen atoms in total. The summed E-state index contributed by atoms with van der Waals surface area (Å²) in [4.78, 5) is 37.7. The van der Waals surface area contributed by atoms with Crippen LogP contribution < -0.4 is 11.1 Å². The largest absolute Gasteiger partial charge is 0.364 e. The lowest BCUT2D eigenvalue weighted by atomic mass is 9.96. The molecule has 0 bridgehead atoms. The molecule has 0 radical (unpaired) electrons. The fourth-order valence-electron chi connectivity index (χ4n) is 3.33. The molecule has 3 rings (SSSR count). The Kier molecular flexibility index (Phi) is 6.08. The lowest BCUT2D eigenvalue weighted by Crippen LogP contribution is -2.43. The molecule has 1 atom stereocenters. The average Bonchev–Trinajstić information content (AvgIpc) is 3.19. The molecule has 3 amide bonds. The maximum absolute atomic E-state index is 12.6. The maximum atomic E-state index is 12.6. The van der Waals surface area contributed by atoms with Crippen molar-refractivity contribution in [1.82, 2.24) is 14.7 Å². The highest BCUT2D eigenvalue weighted by atomic mass is 16.2. The van der Waals surface area contributed by atoms with Gasteiger partial charge in [0, 0.05) is 31.4 Å². The molecule has 0 saturated carbocycles. The summed E-state index contributed by atoms with van der Waals surface area (Å²) in [6, 6.07) is 8.70. The summed E-state index contributed by atoms with van der Waals surface area (Å²) in [5, 5.41) is 7.03. The molecular weight excluding hydrogens is 358 g/mol. The number of nitrogens with zero attached hydrogens (tertiary/aromatic N) is 3. The van der Waals surface area contributed by atoms with Gasteiger partial charge in [0.2, 0.25) is 11.8 Å². The van der Waals surface area contributed by atoms with Crippen LogP contribution in [0.1, 0.15) is 43.1 Å². The molecule has 1 aromatic carbocycles. The Hall–Kier alpha value is -3.16. The predicted octanol–water partition coefficient (Wildman–Crippen LogP) is 1.95. The maximum Gasteiger partial charge on any atom is 0.269 e. The summed E-state index contributed by atoms with van der Waals surface area (Å²) in [6.45, 7) is 3.19. The van der Waals surface area contributed by atoms with Crippen LogP contribution in [0.15, 0.2) is 36.5 Å². The summed E-state index contributed by atoms with van der Waals surface area (Å²) in [6.07, 6.45) is 4.62. The van der Waals surface area contributed by atoms with Crippen LogP contribution in [0.5, 0.6) is 0 Å². The fraction of sp³-hybridized carbons (Fsp3) is 0.400. The number of piperidine rings is 1. The van der Waals surface area contributed by atoms with Gasteiger partial charge in [-0.15, -0.1) is 0 Å². The van der Waals surface area contributed by atoms with Gasteiger partial charge in [-0.2, -0.15) is 5.10 Å². The van der Waals surface area contributed by atoms with Crippen molar-refractivity contribution in [3.8, 4) is 5.69 Å². The van der Waals surface area contributed by atoms with Gasteiger partial charge in [-0.3, -0.25) is 14.4 Å². The van der Waals surface area contributed by atoms with Crippen molar-refractivity contribution in [3.05, 3.63) is 42.2 Å². The molecule has 1 aliphatic heterocycles. The standard InChI is InChI=1S/C20H25N5O3/c1-2-4-18(26)24-11-3-5-14(13-24)20(28)22-15-6-8-16(9-7-15)25-12-10-17(23-25)19(21)27/h6-10,12,14H,2-5,11,13H2,1H3,(H2,21,27)(H,22,28). The van der Waals surface area contributed by atoms with Crippen molar-refractivity contribution in [2.45, 2.75) is 32.6 Å². The molecule has 2 aromatic rings. The minimum atomic E-state index is -0.582. The fourth-order valence-corrected chi connectivity index (χ4v) is 3.33. The number of amides is 3. The zero-order valence-corrected chi connectivity index (χ0v) is 15.9. The first-order valence-corrected chi connectivity index (χ1v) is 9.52. The van der Waals surface area contributed by atoms with Crippen molar-refractivity contribution < 1.29 is 14.4 Å². The lowest BCUT2D eigenvalue weighted by Gasteiger charge is -2.32. The normalized spacial score (nSPS) is 16.6. The highest BCUT2D eigenvalue weighted by molar-refractivity contribution is 5.93. The minimum absolute atomic E-state index is 0.0724. The predicted molar refractivity (Wildman–Crippen MR) is 105 cm³/mol. The summed E-state index contributed by atoms with van der Waals surface area (Å²) in [5.74, 6) is -0.726. The van der Waals surface area contributed by atoms with E-state index in [0.717, 1.165) is 31.5 Å². The molecule has 148 valence electrons. The van der Waals surface area contributed by atoms with Crippen molar-refractivity contribution >= 4 is 23.4 Å². The van der Waals surface area contributed by atoms with E-state index < -0.39 is 5.91 Å². The number of aromatic nitrogens is 2. The smallest absolute Gasteiger partial charge is 0.269 e. The molecule has 2 heterocycles. The summed E-state index contributed by atoms with van der Waals surface area (Å²) < 4.78 is 1.55. The van der Waals surface area contributed by atoms with E-state index in [-0.39, 0.29) is 23.4 Å². The van der Waals surface area contributed by atoms with Gasteiger partial charge < -0.3 is 16.0 Å². The Morgan fingerprint density at radius 3 is 2.61 bits per heavy atom. The van der Waals surface area contributed by atoms with Crippen LogP contribution in [0, 0.1) is 5.92 Å². The summed E-state index contributed by atoms with van der Waals surface area (Å²) in [7, 11) is 0. The van der Waals surface area contributed by atoms with Gasteiger partial charge >= 0.3 is 0 Å². The zero-order chi connectivity index (χ0) is 20.1. The summed E-state index contributed by atoms with van der Waals surface area (Å²) in [5.41, 5.74) is 6.83. The van der Waals surface area contributed by atoms with Crippen LogP contribution in [0.3, 0.4) is 0 Å². The van der Waals surface area contributed by atoms with Crippen LogP contribution in [0.4, 0.5) is 5.69 Å². The highest BCUT2D eigenvalue weighted by Gasteiger charge is 2.28. The van der Waals surface area contributed by atoms with Gasteiger partial charge in [0.15, 0.2) is 0 Å². The van der Waals surface area contributed by atoms with E-state index in [1.807, 2.05) is 6.92 Å². The Labute approximate surface area is 163 Å². The van der Waals surface area contributed by atoms with Crippen molar-refractivity contribution in [2.75, 3.05) is 18.4 Å². The molecule has 1 unspecified atom stereocenters. The van der Waals surface area contributed by atoms with Gasteiger partial charge in [0.1, 0.15) is 5.69 Å². The monoisotopic (exact) mass is 383 g/mol. The van der Waals surface area contributed by atoms with E-state index in [1.165, 1.54) is 0 Å². The van der Waals surface area contributed by atoms with E-state index in [1.54, 1.807) is 46.1 Å². The molecule has 1 aromatic heterocycles. The van der Waals surface area contributed by atoms with E-state index in [0.29, 0.717) is 18.7 Å². The highest BCUT2D eigenvalue weighted by Crippen LogP contribution is 2.20. The Bertz CT molecular complexity index is 859. The zero-order valence-electron chi connectivity index (χ0n) is 15.9. The van der Waals surface area contributed by atoms with Crippen LogP contribution >= 0.6 is 0 Å². The second-order valence-corrected chi connectivity index (χ2v) is 6.97. The Morgan fingerprint density at radius 1 is 1.21 bits per heavy atom. The molecule has 28 heavy (non-hydrogen) atoms. The minimum Gasteiger partial charge on any atom is -0.364 e. The second-order valence-electron chi connectivity index (χ2n) is 6.97. The van der Waals surface area contributed by atoms with E-state index in [2.05, 4.69) is 10.4 Å². The van der Waals surface area contributed by atoms with Crippen LogP contribution in [0.2, 0.25) is 0 Å². The number of hydrogen-bond acceptors (Lipinski definition) is 4. The molecule has 0 aliphatic carbocycles. The van der Waals surface area contributed by atoms with Gasteiger partial charge in [-0.1, -0.05) is 6.92 Å². The third-order valence-corrected chi connectivity index (χ3v) is 4.85. The van der Waals surface area contributed by atoms with Crippen LogP contribution in [0.25, 0.3) is 5.69 Å². The Balaban J connectivity index is 1.61. The van der Waals surface area contributed by atoms with Crippen molar-refractivity contribution in [3.63, 3.8) is 0 Å². The van der Waals surface area contributed by atoms with Crippen LogP contribution in [-0.2, 0) is 9.59 Å². The Morgan fingerprint density at radius 2 is 1.96 bits per heavy atom. The lowest BCUT2D eigenvalue weighted by molar-refractivity contribution is -0.134. The number of rotatable bonds is 6. The number of likely N-dealkylation sites (tertiary alicyclic amines) is 1. The van der Waals surface area contributed by atoms with Gasteiger partial charge in [-0.05, 0) is 49.6 Å². The molecule has 1 saturated heterocycles. The number of carbonyl (C=O) groups excluding carboxylic acids is 3. The van der Waals surface area contributed by atoms with Crippen molar-refractivity contribution in [2.24, 2.45) is 11.7 Å². The van der Waals surface area contributed by atoms with Crippen molar-refractivity contribution in [1.29, 1.82) is 0 Å². The molecule has 3 N–H and O–H groups in total. The van der Waals surface area contributed by atoms with Gasteiger partial charge in [0.25, 0.3) is 5.91 Å². The molecule has 1 fully saturated rings. The third kappa shape index (κ3) is 4.57. The molecule has 8 heteroatoms. The number of nitrogens with one attached hydrogen (secondary N) is 1. The topological polar surface area (TPSA) is 110 Å². The number of nitrogens with two attached hydrogens (primary N) is 1. The molecular formula is C20H25N5O3. The first-order valence-electron chi connectivity index (χ1n) is 9.52. The first-order chi connectivity index (χ1) is 13.5. The summed E-state index contributed by atoms with van der Waals surface area (Å²) >= 11 is 0.